The fourth-order valence-corrected chi connectivity index (χ4v) is 3.28. The zero-order valence-electron chi connectivity index (χ0n) is 14.4. The lowest BCUT2D eigenvalue weighted by Gasteiger charge is -2.58. The van der Waals surface area contributed by atoms with Crippen LogP contribution in [0, 0.1) is 12.3 Å². The van der Waals surface area contributed by atoms with Crippen LogP contribution < -0.4 is 5.32 Å². The molecule has 2 atom stereocenters. The first-order chi connectivity index (χ1) is 10.7. The van der Waals surface area contributed by atoms with Gasteiger partial charge in [0.2, 0.25) is 0 Å². The summed E-state index contributed by atoms with van der Waals surface area (Å²) in [4.78, 5) is 24.3. The molecule has 6 nitrogen and oxygen atoms in total. The predicted molar refractivity (Wildman–Crippen MR) is 84.5 cm³/mol. The molecule has 0 aliphatic heterocycles. The summed E-state index contributed by atoms with van der Waals surface area (Å²) in [5.41, 5.74) is -1.17. The quantitative estimate of drug-likeness (QED) is 0.840. The Hall–Kier alpha value is -1.82. The maximum Gasteiger partial charge on any atom is 0.330 e. The van der Waals surface area contributed by atoms with Crippen LogP contribution in [-0.4, -0.2) is 35.2 Å². The Morgan fingerprint density at radius 3 is 2.52 bits per heavy atom. The molecule has 1 saturated carbocycles. The highest BCUT2D eigenvalue weighted by molar-refractivity contribution is 5.97. The molecular formula is C17H25NO5. The summed E-state index contributed by atoms with van der Waals surface area (Å²) in [6, 6.07) is 1.65. The molecule has 0 aromatic carbocycles. The highest BCUT2D eigenvalue weighted by Crippen LogP contribution is 2.51. The minimum absolute atomic E-state index is 0.149. The summed E-state index contributed by atoms with van der Waals surface area (Å²) < 4.78 is 11.1. The second-order valence-corrected chi connectivity index (χ2v) is 6.60. The van der Waals surface area contributed by atoms with Crippen molar-refractivity contribution < 1.29 is 23.8 Å². The van der Waals surface area contributed by atoms with Gasteiger partial charge in [-0.15, -0.1) is 0 Å². The third kappa shape index (κ3) is 2.65. The summed E-state index contributed by atoms with van der Waals surface area (Å²) in [7, 11) is 0. The van der Waals surface area contributed by atoms with Gasteiger partial charge in [0, 0.05) is 24.9 Å². The molecule has 1 aliphatic carbocycles. The third-order valence-electron chi connectivity index (χ3n) is 5.02. The molecule has 1 aromatic heterocycles. The topological polar surface area (TPSA) is 88.8 Å². The second kappa shape index (κ2) is 6.00. The van der Waals surface area contributed by atoms with Crippen LogP contribution in [0.25, 0.3) is 0 Å². The van der Waals surface area contributed by atoms with Crippen LogP contribution >= 0.6 is 0 Å². The molecule has 2 unspecified atom stereocenters. The number of hydrogen-bond acceptors (Lipinski definition) is 4. The van der Waals surface area contributed by atoms with Crippen molar-refractivity contribution in [3.8, 4) is 0 Å². The number of carbonyl (C=O) groups excluding carboxylic acids is 1. The molecule has 2 rings (SSSR count). The maximum absolute atomic E-state index is 12.5. The van der Waals surface area contributed by atoms with Gasteiger partial charge in [-0.2, -0.15) is 0 Å². The van der Waals surface area contributed by atoms with Gasteiger partial charge in [0.1, 0.15) is 11.3 Å². The standard InChI is InChI=1S/C17H25NO5/c1-6-11-10(3)8-12(23-11)14(19)18-17(15(20)21)9-13(22-7-2)16(17,4)5/h8,13H,6-7,9H2,1-5H3,(H,18,19)(H,20,21). The number of nitrogens with one attached hydrogen (secondary N) is 1. The van der Waals surface area contributed by atoms with Crippen LogP contribution in [0.1, 0.15) is 56.0 Å². The van der Waals surface area contributed by atoms with Crippen LogP contribution in [0.3, 0.4) is 0 Å². The first-order valence-electron chi connectivity index (χ1n) is 7.96. The van der Waals surface area contributed by atoms with E-state index in [2.05, 4.69) is 5.32 Å². The third-order valence-corrected chi connectivity index (χ3v) is 5.02. The maximum atomic E-state index is 12.5. The molecule has 0 saturated heterocycles. The summed E-state index contributed by atoms with van der Waals surface area (Å²) in [5, 5.41) is 12.4. The monoisotopic (exact) mass is 323 g/mol. The van der Waals surface area contributed by atoms with Gasteiger partial charge in [-0.3, -0.25) is 4.79 Å². The summed E-state index contributed by atoms with van der Waals surface area (Å²) in [6.07, 6.45) is 0.726. The van der Waals surface area contributed by atoms with E-state index in [0.29, 0.717) is 13.0 Å². The van der Waals surface area contributed by atoms with Gasteiger partial charge in [-0.05, 0) is 25.5 Å². The molecule has 128 valence electrons. The smallest absolute Gasteiger partial charge is 0.330 e. The number of ether oxygens (including phenoxy) is 1. The number of aryl methyl sites for hydroxylation is 2. The Morgan fingerprint density at radius 1 is 1.43 bits per heavy atom. The van der Waals surface area contributed by atoms with Gasteiger partial charge in [-0.1, -0.05) is 20.8 Å². The van der Waals surface area contributed by atoms with E-state index < -0.39 is 22.8 Å². The van der Waals surface area contributed by atoms with Crippen molar-refractivity contribution in [2.45, 2.75) is 59.1 Å². The highest BCUT2D eigenvalue weighted by atomic mass is 16.5. The molecule has 0 radical (unpaired) electrons. The Morgan fingerprint density at radius 2 is 2.09 bits per heavy atom. The van der Waals surface area contributed by atoms with E-state index in [1.165, 1.54) is 0 Å². The number of aliphatic carboxylic acids is 1. The lowest BCUT2D eigenvalue weighted by Crippen LogP contribution is -2.76. The fraction of sp³-hybridized carbons (Fsp3) is 0.647. The summed E-state index contributed by atoms with van der Waals surface area (Å²) in [6.45, 7) is 9.78. The number of rotatable bonds is 6. The average molecular weight is 323 g/mol. The van der Waals surface area contributed by atoms with Crippen LogP contribution in [0.4, 0.5) is 0 Å². The van der Waals surface area contributed by atoms with Gasteiger partial charge < -0.3 is 19.6 Å². The van der Waals surface area contributed by atoms with Crippen molar-refractivity contribution in [1.82, 2.24) is 5.32 Å². The largest absolute Gasteiger partial charge is 0.479 e. The van der Waals surface area contributed by atoms with Gasteiger partial charge >= 0.3 is 5.97 Å². The Balaban J connectivity index is 2.24. The molecule has 0 spiro atoms. The molecule has 2 N–H and O–H groups in total. The fourth-order valence-electron chi connectivity index (χ4n) is 3.28. The zero-order chi connectivity index (χ0) is 17.4. The number of carboxylic acid groups (broad SMARTS) is 1. The van der Waals surface area contributed by atoms with E-state index in [-0.39, 0.29) is 18.3 Å². The van der Waals surface area contributed by atoms with Gasteiger partial charge in [-0.25, -0.2) is 4.79 Å². The van der Waals surface area contributed by atoms with Crippen LogP contribution in [-0.2, 0) is 16.0 Å². The Kier molecular flexibility index (Phi) is 4.57. The number of hydrogen-bond donors (Lipinski definition) is 2. The molecule has 1 aromatic rings. The average Bonchev–Trinajstić information content (AvgIpc) is 2.86. The van der Waals surface area contributed by atoms with Crippen LogP contribution in [0.5, 0.6) is 0 Å². The molecule has 1 heterocycles. The van der Waals surface area contributed by atoms with Gasteiger partial charge in [0.05, 0.1) is 6.10 Å². The first kappa shape index (κ1) is 17.5. The second-order valence-electron chi connectivity index (χ2n) is 6.60. The minimum Gasteiger partial charge on any atom is -0.479 e. The molecule has 1 aliphatic rings. The lowest BCUT2D eigenvalue weighted by atomic mass is 9.54. The van der Waals surface area contributed by atoms with Crippen molar-refractivity contribution in [2.24, 2.45) is 5.41 Å². The number of carboxylic acids is 1. The van der Waals surface area contributed by atoms with Crippen LogP contribution in [0.2, 0.25) is 0 Å². The SMILES string of the molecule is CCOC1CC(NC(=O)c2cc(C)c(CC)o2)(C(=O)O)C1(C)C. The van der Waals surface area contributed by atoms with E-state index in [9.17, 15) is 14.7 Å². The highest BCUT2D eigenvalue weighted by Gasteiger charge is 2.66. The van der Waals surface area contributed by atoms with Crippen molar-refractivity contribution in [2.75, 3.05) is 6.61 Å². The molecule has 0 bridgehead atoms. The van der Waals surface area contributed by atoms with Crippen molar-refractivity contribution in [1.29, 1.82) is 0 Å². The van der Waals surface area contributed by atoms with Crippen molar-refractivity contribution in [3.05, 3.63) is 23.2 Å². The van der Waals surface area contributed by atoms with E-state index in [1.807, 2.05) is 20.8 Å². The summed E-state index contributed by atoms with van der Waals surface area (Å²) >= 11 is 0. The van der Waals surface area contributed by atoms with Gasteiger partial charge in [0.15, 0.2) is 5.76 Å². The number of amides is 1. The minimum atomic E-state index is -1.35. The summed E-state index contributed by atoms with van der Waals surface area (Å²) in [5.74, 6) is -0.667. The van der Waals surface area contributed by atoms with E-state index in [0.717, 1.165) is 11.3 Å². The molecule has 6 heteroatoms. The normalized spacial score (nSPS) is 25.7. The molecule has 23 heavy (non-hydrogen) atoms. The van der Waals surface area contributed by atoms with Crippen LogP contribution in [0.15, 0.2) is 10.5 Å². The number of furan rings is 1. The van der Waals surface area contributed by atoms with E-state index >= 15 is 0 Å². The molecule has 1 fully saturated rings. The molecule has 1 amide bonds. The Bertz CT molecular complexity index is 618. The Labute approximate surface area is 136 Å². The van der Waals surface area contributed by atoms with Crippen molar-refractivity contribution in [3.63, 3.8) is 0 Å². The first-order valence-corrected chi connectivity index (χ1v) is 7.96. The van der Waals surface area contributed by atoms with Crippen molar-refractivity contribution >= 4 is 11.9 Å². The zero-order valence-corrected chi connectivity index (χ0v) is 14.4. The number of carbonyl (C=O) groups is 2. The lowest BCUT2D eigenvalue weighted by molar-refractivity contribution is -0.190. The molecular weight excluding hydrogens is 298 g/mol. The van der Waals surface area contributed by atoms with Gasteiger partial charge in [0.25, 0.3) is 5.91 Å². The van der Waals surface area contributed by atoms with E-state index in [1.54, 1.807) is 19.9 Å². The predicted octanol–water partition coefficient (Wildman–Crippen LogP) is 2.54. The van der Waals surface area contributed by atoms with E-state index in [4.69, 9.17) is 9.15 Å².